The van der Waals surface area contributed by atoms with E-state index in [0.29, 0.717) is 0 Å². The van der Waals surface area contributed by atoms with Gasteiger partial charge in [0.15, 0.2) is 34.6 Å². The Balaban J connectivity index is 0. The van der Waals surface area contributed by atoms with Crippen LogP contribution in [0.1, 0.15) is 10.4 Å². The molecule has 1 aromatic carbocycles. The Hall–Kier alpha value is -1.21. The molecule has 7 heteroatoms. The van der Waals surface area contributed by atoms with Crippen molar-refractivity contribution in [3.05, 3.63) is 17.7 Å². The molecule has 0 unspecified atom stereocenters. The summed E-state index contributed by atoms with van der Waals surface area (Å²) in [5.41, 5.74) is -0.289. The summed E-state index contributed by atoms with van der Waals surface area (Å²) in [6.45, 7) is 0. The zero-order chi connectivity index (χ0) is 9.30. The monoisotopic (exact) mass is 211 g/mol. The van der Waals surface area contributed by atoms with Gasteiger partial charge in [0, 0.05) is 0 Å². The Labute approximate surface area is 94.0 Å². The first-order valence-electron chi connectivity index (χ1n) is 3.00. The number of aromatic carboxylic acids is 1. The molecule has 0 saturated carbocycles. The molecular weight excluding hydrogens is 200 g/mol. The van der Waals surface area contributed by atoms with E-state index >= 15 is 0 Å². The van der Waals surface area contributed by atoms with E-state index in [9.17, 15) is 4.79 Å². The summed E-state index contributed by atoms with van der Waals surface area (Å²) in [5.74, 6) is -3.33. The van der Waals surface area contributed by atoms with Crippen LogP contribution < -0.4 is 0 Å². The van der Waals surface area contributed by atoms with Crippen LogP contribution in [0.2, 0.25) is 0 Å². The number of phenolic OH excluding ortho intramolecular Hbond substituents is 3. The van der Waals surface area contributed by atoms with E-state index < -0.39 is 23.2 Å². The van der Waals surface area contributed by atoms with Crippen molar-refractivity contribution in [2.75, 3.05) is 0 Å². The predicted molar refractivity (Wildman–Crippen MR) is 56.9 cm³/mol. The van der Waals surface area contributed by atoms with Crippen LogP contribution >= 0.6 is 0 Å². The zero-order valence-corrected chi connectivity index (χ0v) is 5.85. The van der Waals surface area contributed by atoms with Gasteiger partial charge in [-0.25, -0.2) is 4.79 Å². The Morgan fingerprint density at radius 1 is 1.07 bits per heavy atom. The van der Waals surface area contributed by atoms with Crippen molar-refractivity contribution in [2.24, 2.45) is 0 Å². The zero-order valence-electron chi connectivity index (χ0n) is 5.85. The average Bonchev–Trinajstić information content (AvgIpc) is 1.99. The Bertz CT molecular complexity index is 318. The van der Waals surface area contributed by atoms with Gasteiger partial charge in [-0.1, -0.05) is 0 Å². The van der Waals surface area contributed by atoms with Crippen LogP contribution in [-0.4, -0.2) is 53.9 Å². The quantitative estimate of drug-likeness (QED) is 0.331. The summed E-state index contributed by atoms with van der Waals surface area (Å²) in [6.07, 6.45) is 0. The SMILES string of the molecule is O=C(O)c1cc(O)c(O)c(O)c1.[AlH3].[BeH2]. The summed E-state index contributed by atoms with van der Waals surface area (Å²) >= 11 is 0. The first-order chi connectivity index (χ1) is 5.52. The molecule has 0 fully saturated rings. The van der Waals surface area contributed by atoms with Crippen LogP contribution in [0.3, 0.4) is 0 Å². The molecule has 5 nitrogen and oxygen atoms in total. The molecule has 0 spiro atoms. The number of benzene rings is 1. The molecule has 0 radical (unpaired) electrons. The van der Waals surface area contributed by atoms with Crippen LogP contribution in [0, 0.1) is 0 Å². The first-order valence-corrected chi connectivity index (χ1v) is 3.00. The summed E-state index contributed by atoms with van der Waals surface area (Å²) < 4.78 is 0. The fourth-order valence-corrected chi connectivity index (χ4v) is 0.728. The standard InChI is InChI=1S/C7H6O5.Al.Be.5H/c8-4-1-3(7(11)12)2-5(9)6(4)10;;;;;;;/h1-2,8-10H,(H,11,12);;;;;;;. The molecule has 0 saturated heterocycles. The van der Waals surface area contributed by atoms with Crippen LogP contribution in [0.15, 0.2) is 12.1 Å². The van der Waals surface area contributed by atoms with Crippen molar-refractivity contribution in [1.82, 2.24) is 0 Å². The van der Waals surface area contributed by atoms with Crippen molar-refractivity contribution < 1.29 is 25.2 Å². The third kappa shape index (κ3) is 2.93. The predicted octanol–water partition coefficient (Wildman–Crippen LogP) is -1.60. The second-order valence-corrected chi connectivity index (χ2v) is 2.17. The summed E-state index contributed by atoms with van der Waals surface area (Å²) in [7, 11) is 0. The molecule has 74 valence electrons. The normalized spacial score (nSPS) is 8.29. The summed E-state index contributed by atoms with van der Waals surface area (Å²) in [6, 6.07) is 1.69. The number of rotatable bonds is 1. The van der Waals surface area contributed by atoms with Gasteiger partial charge >= 0.3 is 16.1 Å². The number of hydrogen-bond acceptors (Lipinski definition) is 4. The fourth-order valence-electron chi connectivity index (χ4n) is 0.728. The third-order valence-corrected chi connectivity index (χ3v) is 1.32. The minimum atomic E-state index is -1.29. The molecule has 0 heterocycles. The third-order valence-electron chi connectivity index (χ3n) is 1.32. The van der Waals surface area contributed by atoms with Gasteiger partial charge < -0.3 is 20.4 Å². The maximum atomic E-state index is 10.3. The van der Waals surface area contributed by atoms with E-state index in [1.54, 1.807) is 0 Å². The maximum absolute atomic E-state index is 10.3. The number of carbonyl (C=O) groups is 1. The van der Waals surface area contributed by atoms with Crippen molar-refractivity contribution in [1.29, 1.82) is 0 Å². The molecule has 4 N–H and O–H groups in total. The molecule has 0 aromatic heterocycles. The fraction of sp³-hybridized carbons (Fsp3) is 0. The topological polar surface area (TPSA) is 98.0 Å². The van der Waals surface area contributed by atoms with E-state index in [4.69, 9.17) is 20.4 Å². The average molecular weight is 211 g/mol. The second kappa shape index (κ2) is 5.51. The summed E-state index contributed by atoms with van der Waals surface area (Å²) in [5, 5.41) is 35.0. The van der Waals surface area contributed by atoms with Crippen LogP contribution in [-0.2, 0) is 0 Å². The van der Waals surface area contributed by atoms with Crippen molar-refractivity contribution in [3.63, 3.8) is 0 Å². The van der Waals surface area contributed by atoms with Gasteiger partial charge in [-0.2, -0.15) is 0 Å². The van der Waals surface area contributed by atoms with Crippen LogP contribution in [0.25, 0.3) is 0 Å². The Kier molecular flexibility index (Phi) is 6.01. The van der Waals surface area contributed by atoms with Crippen LogP contribution in [0.4, 0.5) is 0 Å². The van der Waals surface area contributed by atoms with Crippen LogP contribution in [0.5, 0.6) is 17.2 Å². The Morgan fingerprint density at radius 3 is 1.71 bits per heavy atom. The van der Waals surface area contributed by atoms with Gasteiger partial charge in [-0.3, -0.25) is 0 Å². The molecule has 14 heavy (non-hydrogen) atoms. The van der Waals surface area contributed by atoms with Gasteiger partial charge in [-0.05, 0) is 12.1 Å². The van der Waals surface area contributed by atoms with Crippen molar-refractivity contribution >= 4 is 33.5 Å². The molecule has 0 atom stereocenters. The number of carboxylic acids is 1. The minimum absolute atomic E-state index is 0. The molecule has 0 aliphatic carbocycles. The first kappa shape index (κ1) is 15.3. The Morgan fingerprint density at radius 2 is 1.43 bits per heavy atom. The van der Waals surface area contributed by atoms with E-state index in [0.717, 1.165) is 12.1 Å². The van der Waals surface area contributed by atoms with Gasteiger partial charge in [-0.15, -0.1) is 0 Å². The summed E-state index contributed by atoms with van der Waals surface area (Å²) in [4.78, 5) is 10.3. The molecule has 0 bridgehead atoms. The van der Waals surface area contributed by atoms with Gasteiger partial charge in [0.2, 0.25) is 0 Å². The number of aromatic hydroxyl groups is 3. The molecule has 1 rings (SSSR count). The molecular formula is C7H11AlBeO5. The van der Waals surface area contributed by atoms with E-state index in [1.165, 1.54) is 0 Å². The molecule has 1 aromatic rings. The van der Waals surface area contributed by atoms with E-state index in [2.05, 4.69) is 0 Å². The van der Waals surface area contributed by atoms with Crippen molar-refractivity contribution in [2.45, 2.75) is 0 Å². The second-order valence-electron chi connectivity index (χ2n) is 2.17. The molecule has 0 aliphatic heterocycles. The van der Waals surface area contributed by atoms with Gasteiger partial charge in [0.05, 0.1) is 5.56 Å². The number of hydrogen-bond donors (Lipinski definition) is 4. The van der Waals surface area contributed by atoms with Gasteiger partial charge in [0.1, 0.15) is 0 Å². The number of phenols is 3. The van der Waals surface area contributed by atoms with Crippen molar-refractivity contribution in [3.8, 4) is 17.2 Å². The molecule has 0 amide bonds. The van der Waals surface area contributed by atoms with E-state index in [-0.39, 0.29) is 33.0 Å². The van der Waals surface area contributed by atoms with Gasteiger partial charge in [0.25, 0.3) is 0 Å². The molecule has 0 aliphatic rings. The van der Waals surface area contributed by atoms with E-state index in [1.807, 2.05) is 0 Å². The number of carboxylic acid groups (broad SMARTS) is 1.